The second kappa shape index (κ2) is 9.78. The van der Waals surface area contributed by atoms with Gasteiger partial charge in [0.1, 0.15) is 0 Å². The second-order valence-electron chi connectivity index (χ2n) is 6.95. The lowest BCUT2D eigenvalue weighted by Gasteiger charge is -2.40. The van der Waals surface area contributed by atoms with Crippen LogP contribution in [0.25, 0.3) is 0 Å². The minimum Gasteiger partial charge on any atom is -0.314 e. The summed E-state index contributed by atoms with van der Waals surface area (Å²) in [5.74, 6) is 1.77. The van der Waals surface area contributed by atoms with Gasteiger partial charge in [-0.15, -0.1) is 0 Å². The Morgan fingerprint density at radius 3 is 2.55 bits per heavy atom. The molecule has 0 spiro atoms. The molecular weight excluding hydrogens is 244 g/mol. The van der Waals surface area contributed by atoms with Crippen molar-refractivity contribution in [2.24, 2.45) is 11.8 Å². The third kappa shape index (κ3) is 5.73. The van der Waals surface area contributed by atoms with Crippen LogP contribution < -0.4 is 5.32 Å². The predicted molar refractivity (Wildman–Crippen MR) is 90.2 cm³/mol. The van der Waals surface area contributed by atoms with Crippen LogP contribution in [0.1, 0.15) is 73.1 Å². The fraction of sp³-hybridized carbons (Fsp3) is 1.00. The molecule has 1 saturated carbocycles. The van der Waals surface area contributed by atoms with Crippen LogP contribution in [0.5, 0.6) is 0 Å². The molecule has 0 radical (unpaired) electrons. The van der Waals surface area contributed by atoms with Gasteiger partial charge in [0.05, 0.1) is 0 Å². The Morgan fingerprint density at radius 1 is 1.20 bits per heavy atom. The SMILES string of the molecule is CCCCN(CC1CC(C)CCC1NCC)C(C)CC. The summed E-state index contributed by atoms with van der Waals surface area (Å²) in [6, 6.07) is 1.49. The lowest BCUT2D eigenvalue weighted by atomic mass is 9.78. The average molecular weight is 283 g/mol. The summed E-state index contributed by atoms with van der Waals surface area (Å²) >= 11 is 0. The van der Waals surface area contributed by atoms with Crippen LogP contribution in [0.3, 0.4) is 0 Å². The molecule has 0 aromatic rings. The van der Waals surface area contributed by atoms with Gasteiger partial charge in [0.15, 0.2) is 0 Å². The van der Waals surface area contributed by atoms with E-state index in [9.17, 15) is 0 Å². The number of hydrogen-bond acceptors (Lipinski definition) is 2. The highest BCUT2D eigenvalue weighted by molar-refractivity contribution is 4.86. The monoisotopic (exact) mass is 282 g/mol. The third-order valence-corrected chi connectivity index (χ3v) is 5.19. The summed E-state index contributed by atoms with van der Waals surface area (Å²) in [6.45, 7) is 15.4. The largest absolute Gasteiger partial charge is 0.314 e. The maximum atomic E-state index is 3.75. The minimum absolute atomic E-state index is 0.737. The van der Waals surface area contributed by atoms with Crippen molar-refractivity contribution in [1.29, 1.82) is 0 Å². The van der Waals surface area contributed by atoms with E-state index in [1.54, 1.807) is 0 Å². The first-order valence-corrected chi connectivity index (χ1v) is 9.09. The van der Waals surface area contributed by atoms with Crippen LogP contribution >= 0.6 is 0 Å². The Labute approximate surface area is 127 Å². The third-order valence-electron chi connectivity index (χ3n) is 5.19. The minimum atomic E-state index is 0.737. The van der Waals surface area contributed by atoms with Gasteiger partial charge in [-0.3, -0.25) is 0 Å². The predicted octanol–water partition coefficient (Wildman–Crippen LogP) is 4.30. The molecule has 0 bridgehead atoms. The summed E-state index contributed by atoms with van der Waals surface area (Å²) < 4.78 is 0. The molecule has 2 heteroatoms. The maximum Gasteiger partial charge on any atom is 0.0108 e. The van der Waals surface area contributed by atoms with E-state index in [2.05, 4.69) is 44.8 Å². The van der Waals surface area contributed by atoms with Crippen LogP contribution in [0, 0.1) is 11.8 Å². The van der Waals surface area contributed by atoms with Gasteiger partial charge >= 0.3 is 0 Å². The van der Waals surface area contributed by atoms with Crippen LogP contribution in [0.4, 0.5) is 0 Å². The summed E-state index contributed by atoms with van der Waals surface area (Å²) in [5, 5.41) is 3.75. The summed E-state index contributed by atoms with van der Waals surface area (Å²) in [5.41, 5.74) is 0. The summed E-state index contributed by atoms with van der Waals surface area (Å²) in [7, 11) is 0. The zero-order chi connectivity index (χ0) is 15.0. The van der Waals surface area contributed by atoms with Crippen molar-refractivity contribution >= 4 is 0 Å². The maximum absolute atomic E-state index is 3.75. The zero-order valence-electron chi connectivity index (χ0n) is 14.6. The van der Waals surface area contributed by atoms with Crippen LogP contribution in [0.15, 0.2) is 0 Å². The fourth-order valence-electron chi connectivity index (χ4n) is 3.64. The number of nitrogens with zero attached hydrogens (tertiary/aromatic N) is 1. The van der Waals surface area contributed by atoms with E-state index >= 15 is 0 Å². The van der Waals surface area contributed by atoms with Gasteiger partial charge in [-0.05, 0) is 64.0 Å². The first kappa shape index (κ1) is 18.0. The van der Waals surface area contributed by atoms with Gasteiger partial charge in [0, 0.05) is 18.6 Å². The van der Waals surface area contributed by atoms with Crippen LogP contribution in [0.2, 0.25) is 0 Å². The Morgan fingerprint density at radius 2 is 1.95 bits per heavy atom. The molecule has 0 saturated heterocycles. The first-order valence-electron chi connectivity index (χ1n) is 9.09. The van der Waals surface area contributed by atoms with Crippen molar-refractivity contribution < 1.29 is 0 Å². The number of unbranched alkanes of at least 4 members (excludes halogenated alkanes) is 1. The van der Waals surface area contributed by atoms with Crippen LogP contribution in [-0.4, -0.2) is 36.6 Å². The molecule has 1 rings (SSSR count). The molecule has 0 aromatic heterocycles. The highest BCUT2D eigenvalue weighted by atomic mass is 15.2. The normalized spacial score (nSPS) is 28.8. The van der Waals surface area contributed by atoms with Crippen LogP contribution in [-0.2, 0) is 0 Å². The number of hydrogen-bond donors (Lipinski definition) is 1. The smallest absolute Gasteiger partial charge is 0.0108 e. The van der Waals surface area contributed by atoms with Gasteiger partial charge in [-0.25, -0.2) is 0 Å². The molecule has 120 valence electrons. The Hall–Kier alpha value is -0.0800. The van der Waals surface area contributed by atoms with Gasteiger partial charge in [-0.1, -0.05) is 34.1 Å². The van der Waals surface area contributed by atoms with Crippen molar-refractivity contribution in [2.45, 2.75) is 85.2 Å². The lowest BCUT2D eigenvalue weighted by molar-refractivity contribution is 0.116. The second-order valence-corrected chi connectivity index (χ2v) is 6.95. The van der Waals surface area contributed by atoms with E-state index in [1.165, 1.54) is 51.6 Å². The first-order chi connectivity index (χ1) is 9.62. The number of rotatable bonds is 9. The highest BCUT2D eigenvalue weighted by Gasteiger charge is 2.30. The Balaban J connectivity index is 2.61. The van der Waals surface area contributed by atoms with Crippen molar-refractivity contribution in [1.82, 2.24) is 10.2 Å². The van der Waals surface area contributed by atoms with Crippen molar-refractivity contribution in [3.8, 4) is 0 Å². The molecule has 4 unspecified atom stereocenters. The van der Waals surface area contributed by atoms with Crippen molar-refractivity contribution in [3.05, 3.63) is 0 Å². The molecule has 1 N–H and O–H groups in total. The van der Waals surface area contributed by atoms with E-state index in [4.69, 9.17) is 0 Å². The van der Waals surface area contributed by atoms with E-state index in [0.717, 1.165) is 30.5 Å². The van der Waals surface area contributed by atoms with Crippen molar-refractivity contribution in [2.75, 3.05) is 19.6 Å². The molecular formula is C18H38N2. The van der Waals surface area contributed by atoms with Gasteiger partial charge in [-0.2, -0.15) is 0 Å². The molecule has 0 heterocycles. The molecule has 2 nitrogen and oxygen atoms in total. The quantitative estimate of drug-likeness (QED) is 0.678. The van der Waals surface area contributed by atoms with E-state index in [1.807, 2.05) is 0 Å². The summed E-state index contributed by atoms with van der Waals surface area (Å²) in [6.07, 6.45) is 8.13. The van der Waals surface area contributed by atoms with Crippen molar-refractivity contribution in [3.63, 3.8) is 0 Å². The molecule has 0 aliphatic heterocycles. The molecule has 0 amide bonds. The lowest BCUT2D eigenvalue weighted by Crippen LogP contribution is -2.47. The average Bonchev–Trinajstić information content (AvgIpc) is 2.45. The highest BCUT2D eigenvalue weighted by Crippen LogP contribution is 2.30. The summed E-state index contributed by atoms with van der Waals surface area (Å²) in [4.78, 5) is 2.76. The standard InChI is InChI=1S/C18H38N2/c1-6-9-12-20(16(5)7-2)14-17-13-15(4)10-11-18(17)19-8-3/h15-19H,6-14H2,1-5H3. The van der Waals surface area contributed by atoms with E-state index in [-0.39, 0.29) is 0 Å². The Bertz CT molecular complexity index is 242. The van der Waals surface area contributed by atoms with Gasteiger partial charge in [0.25, 0.3) is 0 Å². The van der Waals surface area contributed by atoms with E-state index < -0.39 is 0 Å². The van der Waals surface area contributed by atoms with Gasteiger partial charge < -0.3 is 10.2 Å². The molecule has 0 aromatic carbocycles. The van der Waals surface area contributed by atoms with E-state index in [0.29, 0.717) is 0 Å². The fourth-order valence-corrected chi connectivity index (χ4v) is 3.64. The molecule has 1 fully saturated rings. The molecule has 1 aliphatic carbocycles. The molecule has 1 aliphatic rings. The molecule has 4 atom stereocenters. The van der Waals surface area contributed by atoms with Gasteiger partial charge in [0.2, 0.25) is 0 Å². The molecule has 20 heavy (non-hydrogen) atoms. The zero-order valence-corrected chi connectivity index (χ0v) is 14.6. The number of nitrogens with one attached hydrogen (secondary N) is 1. The topological polar surface area (TPSA) is 15.3 Å². The Kier molecular flexibility index (Phi) is 8.79.